The fourth-order valence-corrected chi connectivity index (χ4v) is 5.70. The van der Waals surface area contributed by atoms with Crippen LogP contribution in [0.4, 0.5) is 4.79 Å². The first-order valence-corrected chi connectivity index (χ1v) is 13.6. The van der Waals surface area contributed by atoms with Gasteiger partial charge in [0.1, 0.15) is 6.61 Å². The molecule has 190 valence electrons. The predicted molar refractivity (Wildman–Crippen MR) is 151 cm³/mol. The summed E-state index contributed by atoms with van der Waals surface area (Å²) in [5.41, 5.74) is 2.25. The number of methoxy groups -OCH3 is 1. The summed E-state index contributed by atoms with van der Waals surface area (Å²) < 4.78 is 23.1. The van der Waals surface area contributed by atoms with Crippen LogP contribution in [0.2, 0.25) is 10.0 Å². The van der Waals surface area contributed by atoms with E-state index in [-0.39, 0.29) is 18.6 Å². The van der Waals surface area contributed by atoms with Crippen molar-refractivity contribution in [3.05, 3.63) is 83.7 Å². The average molecular weight is 670 g/mol. The molecule has 2 amide bonds. The highest BCUT2D eigenvalue weighted by molar-refractivity contribution is 14.1. The number of hydrogen-bond donors (Lipinski definition) is 0. The highest BCUT2D eigenvalue weighted by atomic mass is 127. The number of halogens is 3. The number of thioether (sulfide) groups is 1. The van der Waals surface area contributed by atoms with E-state index >= 15 is 0 Å². The number of ether oxygens (including phenoxy) is 4. The third-order valence-corrected chi connectivity index (χ3v) is 7.90. The highest BCUT2D eigenvalue weighted by Crippen LogP contribution is 2.40. The second-order valence-corrected chi connectivity index (χ2v) is 11.0. The molecule has 0 aliphatic carbocycles. The highest BCUT2D eigenvalue weighted by Gasteiger charge is 2.36. The maximum absolute atomic E-state index is 13.1. The predicted octanol–water partition coefficient (Wildman–Crippen LogP) is 7.15. The van der Waals surface area contributed by atoms with Crippen molar-refractivity contribution in [2.24, 2.45) is 0 Å². The second-order valence-electron chi connectivity index (χ2n) is 8.01. The van der Waals surface area contributed by atoms with Gasteiger partial charge in [0.25, 0.3) is 11.1 Å². The Morgan fingerprint density at radius 1 is 1.08 bits per heavy atom. The van der Waals surface area contributed by atoms with Crippen LogP contribution in [0, 0.1) is 3.57 Å². The molecule has 3 aromatic carbocycles. The minimum absolute atomic E-state index is 0.0236. The molecule has 1 saturated heterocycles. The Morgan fingerprint density at radius 2 is 1.81 bits per heavy atom. The van der Waals surface area contributed by atoms with E-state index < -0.39 is 5.91 Å². The molecule has 0 N–H and O–H groups in total. The Hall–Kier alpha value is -2.60. The lowest BCUT2D eigenvalue weighted by Gasteiger charge is -2.14. The van der Waals surface area contributed by atoms with Crippen LogP contribution in [-0.2, 0) is 17.9 Å². The SMILES string of the molecule is COc1cc(/C=C2/SC(=O)N(Cc3cc4c(cc3Cl)OCO4)C2=O)cc(I)c1OCc1ccc(Cl)cc1. The molecule has 0 atom stereocenters. The Morgan fingerprint density at radius 3 is 2.54 bits per heavy atom. The van der Waals surface area contributed by atoms with Crippen LogP contribution in [0.25, 0.3) is 6.08 Å². The van der Waals surface area contributed by atoms with Gasteiger partial charge in [-0.25, -0.2) is 0 Å². The average Bonchev–Trinajstić information content (AvgIpc) is 3.43. The molecule has 2 aliphatic rings. The molecule has 2 aliphatic heterocycles. The number of nitrogens with zero attached hydrogens (tertiary/aromatic N) is 1. The molecule has 0 bridgehead atoms. The van der Waals surface area contributed by atoms with Gasteiger partial charge in [-0.15, -0.1) is 0 Å². The fraction of sp³-hybridized carbons (Fsp3) is 0.154. The summed E-state index contributed by atoms with van der Waals surface area (Å²) >= 11 is 15.3. The zero-order valence-electron chi connectivity index (χ0n) is 19.3. The van der Waals surface area contributed by atoms with Crippen molar-refractivity contribution >= 4 is 74.8 Å². The molecule has 0 radical (unpaired) electrons. The number of benzene rings is 3. The minimum Gasteiger partial charge on any atom is -0.493 e. The first kappa shape index (κ1) is 26.0. The number of carbonyl (C=O) groups is 2. The molecule has 0 saturated carbocycles. The topological polar surface area (TPSA) is 74.3 Å². The largest absolute Gasteiger partial charge is 0.493 e. The lowest BCUT2D eigenvalue weighted by atomic mass is 10.1. The Balaban J connectivity index is 1.34. The number of imide groups is 1. The summed E-state index contributed by atoms with van der Waals surface area (Å²) in [6.07, 6.45) is 1.67. The van der Waals surface area contributed by atoms with Gasteiger partial charge in [-0.2, -0.15) is 0 Å². The molecule has 7 nitrogen and oxygen atoms in total. The Bertz CT molecular complexity index is 1430. The number of carbonyl (C=O) groups excluding carboxylic acids is 2. The lowest BCUT2D eigenvalue weighted by Crippen LogP contribution is -2.27. The van der Waals surface area contributed by atoms with E-state index in [4.69, 9.17) is 42.1 Å². The molecule has 0 spiro atoms. The van der Waals surface area contributed by atoms with Gasteiger partial charge < -0.3 is 18.9 Å². The molecule has 0 unspecified atom stereocenters. The summed E-state index contributed by atoms with van der Waals surface area (Å²) in [6, 6.07) is 14.3. The molecule has 1 fully saturated rings. The smallest absolute Gasteiger partial charge is 0.293 e. The van der Waals surface area contributed by atoms with Gasteiger partial charge in [-0.05, 0) is 87.5 Å². The van der Waals surface area contributed by atoms with E-state index in [0.29, 0.717) is 55.7 Å². The van der Waals surface area contributed by atoms with Crippen LogP contribution in [-0.4, -0.2) is 29.9 Å². The van der Waals surface area contributed by atoms with Gasteiger partial charge in [0.05, 0.1) is 22.1 Å². The standard InChI is InChI=1S/C26H18Cl2INO6S/c1-33-22-7-15(6-19(29)24(22)34-12-14-2-4-17(27)5-3-14)8-23-25(31)30(26(32)37-23)11-16-9-20-21(10-18(16)28)36-13-35-20/h2-10H,11-13H2,1H3/b23-8+. The van der Waals surface area contributed by atoms with Gasteiger partial charge >= 0.3 is 0 Å². The van der Waals surface area contributed by atoms with Gasteiger partial charge in [-0.1, -0.05) is 35.3 Å². The molecule has 2 heterocycles. The maximum atomic E-state index is 13.1. The molecule has 11 heteroatoms. The van der Waals surface area contributed by atoms with Gasteiger partial charge in [0.15, 0.2) is 23.0 Å². The van der Waals surface area contributed by atoms with Crippen LogP contribution >= 0.6 is 57.6 Å². The van der Waals surface area contributed by atoms with Gasteiger partial charge in [-0.3, -0.25) is 14.5 Å². The molecule has 0 aromatic heterocycles. The van der Waals surface area contributed by atoms with Gasteiger partial charge in [0.2, 0.25) is 6.79 Å². The Labute approximate surface area is 240 Å². The third kappa shape index (κ3) is 5.64. The van der Waals surface area contributed by atoms with Crippen LogP contribution < -0.4 is 18.9 Å². The first-order chi connectivity index (χ1) is 17.8. The minimum atomic E-state index is -0.402. The molecular formula is C26H18Cl2INO6S. The van der Waals surface area contributed by atoms with Crippen LogP contribution in [0.3, 0.4) is 0 Å². The quantitative estimate of drug-likeness (QED) is 0.195. The zero-order chi connectivity index (χ0) is 26.1. The number of hydrogen-bond acceptors (Lipinski definition) is 7. The maximum Gasteiger partial charge on any atom is 0.293 e. The van der Waals surface area contributed by atoms with Crippen molar-refractivity contribution in [1.82, 2.24) is 4.90 Å². The number of rotatable bonds is 7. The van der Waals surface area contributed by atoms with Crippen molar-refractivity contribution in [2.75, 3.05) is 13.9 Å². The normalized spacial score (nSPS) is 15.6. The molecule has 5 rings (SSSR count). The molecule has 37 heavy (non-hydrogen) atoms. The fourth-order valence-electron chi connectivity index (χ4n) is 3.74. The van der Waals surface area contributed by atoms with E-state index in [2.05, 4.69) is 22.6 Å². The van der Waals surface area contributed by atoms with Crippen molar-refractivity contribution in [3.63, 3.8) is 0 Å². The summed E-state index contributed by atoms with van der Waals surface area (Å²) in [5.74, 6) is 1.76. The monoisotopic (exact) mass is 669 g/mol. The van der Waals surface area contributed by atoms with E-state index in [1.165, 1.54) is 0 Å². The first-order valence-electron chi connectivity index (χ1n) is 10.9. The Kier molecular flexibility index (Phi) is 7.75. The van der Waals surface area contributed by atoms with Crippen molar-refractivity contribution < 1.29 is 28.5 Å². The number of amides is 2. The summed E-state index contributed by atoms with van der Waals surface area (Å²) in [5, 5.41) is 0.666. The van der Waals surface area contributed by atoms with Crippen molar-refractivity contribution in [2.45, 2.75) is 13.2 Å². The number of fused-ring (bicyclic) bond motifs is 1. The van der Waals surface area contributed by atoms with E-state index in [0.717, 1.165) is 25.8 Å². The van der Waals surface area contributed by atoms with Crippen molar-refractivity contribution in [1.29, 1.82) is 0 Å². The van der Waals surface area contributed by atoms with Gasteiger partial charge in [0, 0.05) is 16.1 Å². The van der Waals surface area contributed by atoms with Crippen molar-refractivity contribution in [3.8, 4) is 23.0 Å². The van der Waals surface area contributed by atoms with Crippen LogP contribution in [0.5, 0.6) is 23.0 Å². The zero-order valence-corrected chi connectivity index (χ0v) is 23.7. The summed E-state index contributed by atoms with van der Waals surface area (Å²) in [7, 11) is 1.55. The molecule has 3 aromatic rings. The van der Waals surface area contributed by atoms with Crippen LogP contribution in [0.1, 0.15) is 16.7 Å². The van der Waals surface area contributed by atoms with E-state index in [9.17, 15) is 9.59 Å². The third-order valence-electron chi connectivity index (χ3n) is 5.59. The summed E-state index contributed by atoms with van der Waals surface area (Å²) in [6.45, 7) is 0.465. The van der Waals surface area contributed by atoms with Crippen LogP contribution in [0.15, 0.2) is 53.4 Å². The lowest BCUT2D eigenvalue weighted by molar-refractivity contribution is -0.123. The van der Waals surface area contributed by atoms with E-state index in [1.807, 2.05) is 18.2 Å². The summed E-state index contributed by atoms with van der Waals surface area (Å²) in [4.78, 5) is 27.3. The molecular weight excluding hydrogens is 652 g/mol. The van der Waals surface area contributed by atoms with E-state index in [1.54, 1.807) is 43.5 Å². The second kappa shape index (κ2) is 11.0.